The Morgan fingerprint density at radius 1 is 1.05 bits per heavy atom. The van der Waals surface area contributed by atoms with Gasteiger partial charge in [0.15, 0.2) is 0 Å². The molecule has 0 saturated heterocycles. The van der Waals surface area contributed by atoms with Gasteiger partial charge in [0.1, 0.15) is 5.00 Å². The monoisotopic (exact) mass is 549 g/mol. The molecule has 1 aromatic carbocycles. The fraction of sp³-hybridized carbons (Fsp3) is 0.556. The number of anilines is 1. The first kappa shape index (κ1) is 29.3. The first-order chi connectivity index (χ1) is 17.3. The van der Waals surface area contributed by atoms with Crippen LogP contribution in [0.3, 0.4) is 0 Å². The van der Waals surface area contributed by atoms with Crippen molar-refractivity contribution in [2.24, 2.45) is 0 Å². The van der Waals surface area contributed by atoms with Gasteiger partial charge in [-0.1, -0.05) is 13.8 Å². The van der Waals surface area contributed by atoms with Gasteiger partial charge in [0.2, 0.25) is 10.0 Å². The SMILES string of the molecule is CCCN(CCC)S(=O)(=O)c1ccc(C(=O)Nc2sc3c(c2C(=O)OCC)CC(C)(C)NC3(C)C)cc1. The van der Waals surface area contributed by atoms with E-state index in [2.05, 4.69) is 38.3 Å². The second-order valence-electron chi connectivity index (χ2n) is 10.5. The number of thiophene rings is 1. The first-order valence-electron chi connectivity index (χ1n) is 12.8. The molecule has 0 aliphatic carbocycles. The Kier molecular flexibility index (Phi) is 8.89. The molecule has 0 unspecified atom stereocenters. The zero-order valence-corrected chi connectivity index (χ0v) is 24.5. The average molecular weight is 550 g/mol. The Balaban J connectivity index is 1.94. The van der Waals surface area contributed by atoms with Gasteiger partial charge in [0.25, 0.3) is 5.91 Å². The third-order valence-electron chi connectivity index (χ3n) is 6.25. The van der Waals surface area contributed by atoms with Crippen molar-refractivity contribution in [3.63, 3.8) is 0 Å². The van der Waals surface area contributed by atoms with Crippen LogP contribution in [0.5, 0.6) is 0 Å². The molecule has 0 saturated carbocycles. The number of fused-ring (bicyclic) bond motifs is 1. The lowest BCUT2D eigenvalue weighted by atomic mass is 9.81. The van der Waals surface area contributed by atoms with Gasteiger partial charge in [-0.2, -0.15) is 4.31 Å². The quantitative estimate of drug-likeness (QED) is 0.397. The fourth-order valence-electron chi connectivity index (χ4n) is 4.99. The van der Waals surface area contributed by atoms with Crippen LogP contribution in [0.25, 0.3) is 0 Å². The summed E-state index contributed by atoms with van der Waals surface area (Å²) in [6.45, 7) is 15.0. The summed E-state index contributed by atoms with van der Waals surface area (Å²) in [5.74, 6) is -0.880. The lowest BCUT2D eigenvalue weighted by molar-refractivity contribution is 0.0525. The van der Waals surface area contributed by atoms with E-state index < -0.39 is 27.4 Å². The van der Waals surface area contributed by atoms with E-state index in [0.717, 1.165) is 23.3 Å². The number of carbonyl (C=O) groups is 2. The van der Waals surface area contributed by atoms with E-state index in [1.54, 1.807) is 6.92 Å². The molecular weight excluding hydrogens is 510 g/mol. The van der Waals surface area contributed by atoms with E-state index in [1.165, 1.54) is 39.9 Å². The Labute approximate surface area is 224 Å². The minimum Gasteiger partial charge on any atom is -0.462 e. The summed E-state index contributed by atoms with van der Waals surface area (Å²) in [5.41, 5.74) is 0.943. The summed E-state index contributed by atoms with van der Waals surface area (Å²) in [7, 11) is -3.64. The van der Waals surface area contributed by atoms with Crippen LogP contribution in [0.15, 0.2) is 29.2 Å². The summed E-state index contributed by atoms with van der Waals surface area (Å²) in [4.78, 5) is 27.4. The second kappa shape index (κ2) is 11.2. The molecule has 37 heavy (non-hydrogen) atoms. The van der Waals surface area contributed by atoms with Gasteiger partial charge in [-0.15, -0.1) is 11.3 Å². The van der Waals surface area contributed by atoms with Gasteiger partial charge < -0.3 is 15.4 Å². The molecule has 2 N–H and O–H groups in total. The molecule has 0 atom stereocenters. The Bertz CT molecular complexity index is 1240. The van der Waals surface area contributed by atoms with Crippen LogP contribution < -0.4 is 10.6 Å². The number of nitrogens with one attached hydrogen (secondary N) is 2. The predicted molar refractivity (Wildman–Crippen MR) is 148 cm³/mol. The summed E-state index contributed by atoms with van der Waals surface area (Å²) in [6, 6.07) is 5.93. The molecule has 1 amide bonds. The van der Waals surface area contributed by atoms with E-state index in [4.69, 9.17) is 4.74 Å². The molecule has 0 fully saturated rings. The average Bonchev–Trinajstić information content (AvgIpc) is 3.16. The summed E-state index contributed by atoms with van der Waals surface area (Å²) >= 11 is 1.37. The molecule has 1 aliphatic rings. The molecule has 1 aromatic heterocycles. The topological polar surface area (TPSA) is 105 Å². The maximum atomic E-state index is 13.2. The number of amides is 1. The Morgan fingerprint density at radius 2 is 1.65 bits per heavy atom. The van der Waals surface area contributed by atoms with Crippen molar-refractivity contribution in [2.75, 3.05) is 25.0 Å². The molecule has 0 bridgehead atoms. The number of rotatable bonds is 10. The van der Waals surface area contributed by atoms with Gasteiger partial charge in [0, 0.05) is 34.6 Å². The largest absolute Gasteiger partial charge is 0.462 e. The van der Waals surface area contributed by atoms with E-state index in [9.17, 15) is 18.0 Å². The van der Waals surface area contributed by atoms with Crippen LogP contribution >= 0.6 is 11.3 Å². The van der Waals surface area contributed by atoms with E-state index >= 15 is 0 Å². The van der Waals surface area contributed by atoms with Crippen molar-refractivity contribution in [2.45, 2.75) is 83.7 Å². The van der Waals surface area contributed by atoms with Crippen molar-refractivity contribution in [1.29, 1.82) is 0 Å². The minimum atomic E-state index is -3.64. The fourth-order valence-corrected chi connectivity index (χ4v) is 7.87. The van der Waals surface area contributed by atoms with Gasteiger partial charge in [-0.3, -0.25) is 4.79 Å². The highest BCUT2D eigenvalue weighted by Gasteiger charge is 2.42. The maximum absolute atomic E-state index is 13.2. The van der Waals surface area contributed by atoms with Gasteiger partial charge in [0.05, 0.1) is 17.1 Å². The van der Waals surface area contributed by atoms with Crippen molar-refractivity contribution in [3.05, 3.63) is 45.8 Å². The number of nitrogens with zero attached hydrogens (tertiary/aromatic N) is 1. The van der Waals surface area contributed by atoms with Crippen molar-refractivity contribution < 1.29 is 22.7 Å². The maximum Gasteiger partial charge on any atom is 0.341 e. The first-order valence-corrected chi connectivity index (χ1v) is 15.1. The predicted octanol–water partition coefficient (Wildman–Crippen LogP) is 5.15. The molecule has 0 radical (unpaired) electrons. The standard InChI is InChI=1S/C27H39N3O5S2/c1-8-15-30(16-9-2)37(33,34)19-13-11-18(12-14-19)23(31)28-24-21(25(32)35-10-3)20-17-26(4,5)29-27(6,7)22(20)36-24/h11-14,29H,8-10,15-17H2,1-7H3,(H,28,31). The van der Waals surface area contributed by atoms with Crippen LogP contribution in [0, 0.1) is 0 Å². The summed E-state index contributed by atoms with van der Waals surface area (Å²) < 4.78 is 33.0. The molecule has 204 valence electrons. The van der Waals surface area contributed by atoms with Crippen LogP contribution in [0.2, 0.25) is 0 Å². The molecule has 0 spiro atoms. The third kappa shape index (κ3) is 6.25. The number of ether oxygens (including phenoxy) is 1. The second-order valence-corrected chi connectivity index (χ2v) is 13.5. The number of carbonyl (C=O) groups excluding carboxylic acids is 2. The highest BCUT2D eigenvalue weighted by Crippen LogP contribution is 2.45. The zero-order chi connectivity index (χ0) is 27.6. The van der Waals surface area contributed by atoms with Crippen LogP contribution in [0.4, 0.5) is 5.00 Å². The number of esters is 1. The number of sulfonamides is 1. The van der Waals surface area contributed by atoms with Crippen molar-refractivity contribution >= 4 is 38.2 Å². The van der Waals surface area contributed by atoms with Gasteiger partial charge in [-0.05, 0) is 83.7 Å². The molecule has 3 rings (SSSR count). The highest BCUT2D eigenvalue weighted by atomic mass is 32.2. The van der Waals surface area contributed by atoms with Gasteiger partial charge in [-0.25, -0.2) is 13.2 Å². The third-order valence-corrected chi connectivity index (χ3v) is 9.64. The lowest BCUT2D eigenvalue weighted by Gasteiger charge is -2.42. The smallest absolute Gasteiger partial charge is 0.341 e. The lowest BCUT2D eigenvalue weighted by Crippen LogP contribution is -2.55. The molecule has 8 nitrogen and oxygen atoms in total. The van der Waals surface area contributed by atoms with Crippen molar-refractivity contribution in [3.8, 4) is 0 Å². The molecule has 10 heteroatoms. The molecular formula is C27H39N3O5S2. The van der Waals surface area contributed by atoms with Crippen LogP contribution in [-0.2, 0) is 26.7 Å². The molecule has 2 aromatic rings. The number of benzene rings is 1. The minimum absolute atomic E-state index is 0.153. The van der Waals surface area contributed by atoms with Crippen LogP contribution in [-0.4, -0.2) is 49.8 Å². The normalized spacial score (nSPS) is 16.3. The Morgan fingerprint density at radius 3 is 2.19 bits per heavy atom. The number of hydrogen-bond donors (Lipinski definition) is 2. The highest BCUT2D eigenvalue weighted by molar-refractivity contribution is 7.89. The summed E-state index contributed by atoms with van der Waals surface area (Å²) in [5, 5.41) is 6.96. The van der Waals surface area contributed by atoms with E-state index in [0.29, 0.717) is 35.6 Å². The van der Waals surface area contributed by atoms with E-state index in [-0.39, 0.29) is 17.0 Å². The van der Waals surface area contributed by atoms with E-state index in [1.807, 2.05) is 13.8 Å². The van der Waals surface area contributed by atoms with Crippen LogP contribution in [0.1, 0.15) is 92.5 Å². The van der Waals surface area contributed by atoms with Crippen molar-refractivity contribution in [1.82, 2.24) is 9.62 Å². The Hall–Kier alpha value is -2.27. The van der Waals surface area contributed by atoms with Gasteiger partial charge >= 0.3 is 5.97 Å². The number of hydrogen-bond acceptors (Lipinski definition) is 7. The zero-order valence-electron chi connectivity index (χ0n) is 22.9. The molecule has 1 aliphatic heterocycles. The summed E-state index contributed by atoms with van der Waals surface area (Å²) in [6.07, 6.45) is 2.05. The molecule has 2 heterocycles.